The van der Waals surface area contributed by atoms with E-state index >= 15 is 0 Å². The SMILES string of the molecule is Nc1c(F)cccc1C(=O)Nc1cncc(F)c1. The molecule has 0 saturated heterocycles. The molecule has 0 bridgehead atoms. The van der Waals surface area contributed by atoms with Crippen LogP contribution in [0.15, 0.2) is 36.7 Å². The van der Waals surface area contributed by atoms with E-state index in [1.54, 1.807) is 0 Å². The molecule has 0 radical (unpaired) electrons. The summed E-state index contributed by atoms with van der Waals surface area (Å²) in [6.07, 6.45) is 2.28. The number of para-hydroxylation sites is 1. The topological polar surface area (TPSA) is 68.0 Å². The summed E-state index contributed by atoms with van der Waals surface area (Å²) < 4.78 is 26.0. The monoisotopic (exact) mass is 249 g/mol. The second kappa shape index (κ2) is 4.79. The quantitative estimate of drug-likeness (QED) is 0.801. The largest absolute Gasteiger partial charge is 0.396 e. The van der Waals surface area contributed by atoms with E-state index in [-0.39, 0.29) is 16.9 Å². The molecule has 1 aromatic heterocycles. The Balaban J connectivity index is 2.25. The van der Waals surface area contributed by atoms with Crippen LogP contribution in [0.2, 0.25) is 0 Å². The highest BCUT2D eigenvalue weighted by Crippen LogP contribution is 2.17. The summed E-state index contributed by atoms with van der Waals surface area (Å²) in [6, 6.07) is 4.99. The maximum absolute atomic E-state index is 13.2. The summed E-state index contributed by atoms with van der Waals surface area (Å²) in [6.45, 7) is 0. The molecule has 18 heavy (non-hydrogen) atoms. The van der Waals surface area contributed by atoms with Crippen molar-refractivity contribution in [1.82, 2.24) is 4.98 Å². The van der Waals surface area contributed by atoms with Gasteiger partial charge in [-0.15, -0.1) is 0 Å². The minimum absolute atomic E-state index is 0.0146. The lowest BCUT2D eigenvalue weighted by atomic mass is 10.1. The first-order valence-electron chi connectivity index (χ1n) is 5.04. The van der Waals surface area contributed by atoms with Crippen LogP contribution < -0.4 is 11.1 Å². The molecule has 1 heterocycles. The zero-order valence-electron chi connectivity index (χ0n) is 9.15. The third kappa shape index (κ3) is 2.42. The van der Waals surface area contributed by atoms with Crippen molar-refractivity contribution in [3.05, 3.63) is 53.9 Å². The summed E-state index contributed by atoms with van der Waals surface area (Å²) in [4.78, 5) is 15.4. The van der Waals surface area contributed by atoms with E-state index in [9.17, 15) is 13.6 Å². The molecular weight excluding hydrogens is 240 g/mol. The Bertz CT molecular complexity index is 602. The van der Waals surface area contributed by atoms with Gasteiger partial charge in [0.25, 0.3) is 5.91 Å². The van der Waals surface area contributed by atoms with Crippen molar-refractivity contribution in [3.63, 3.8) is 0 Å². The van der Waals surface area contributed by atoms with Crippen molar-refractivity contribution >= 4 is 17.3 Å². The van der Waals surface area contributed by atoms with Gasteiger partial charge in [0.05, 0.1) is 29.3 Å². The Morgan fingerprint density at radius 3 is 2.78 bits per heavy atom. The normalized spacial score (nSPS) is 10.1. The molecule has 0 fully saturated rings. The minimum atomic E-state index is -0.681. The number of carbonyl (C=O) groups is 1. The van der Waals surface area contributed by atoms with Crippen LogP contribution in [-0.4, -0.2) is 10.9 Å². The van der Waals surface area contributed by atoms with Crippen LogP contribution >= 0.6 is 0 Å². The van der Waals surface area contributed by atoms with Gasteiger partial charge in [0.1, 0.15) is 11.6 Å². The van der Waals surface area contributed by atoms with Crippen LogP contribution in [0.4, 0.5) is 20.2 Å². The lowest BCUT2D eigenvalue weighted by Crippen LogP contribution is -2.15. The van der Waals surface area contributed by atoms with Gasteiger partial charge in [-0.2, -0.15) is 0 Å². The lowest BCUT2D eigenvalue weighted by molar-refractivity contribution is 0.102. The van der Waals surface area contributed by atoms with Gasteiger partial charge in [-0.25, -0.2) is 8.78 Å². The molecule has 6 heteroatoms. The van der Waals surface area contributed by atoms with Crippen LogP contribution in [0, 0.1) is 11.6 Å². The van der Waals surface area contributed by atoms with Gasteiger partial charge in [0, 0.05) is 6.07 Å². The van der Waals surface area contributed by atoms with Gasteiger partial charge in [-0.05, 0) is 12.1 Å². The average molecular weight is 249 g/mol. The number of amides is 1. The molecule has 4 nitrogen and oxygen atoms in total. The van der Waals surface area contributed by atoms with Crippen LogP contribution in [0.25, 0.3) is 0 Å². The number of hydrogen-bond acceptors (Lipinski definition) is 3. The molecule has 1 aromatic carbocycles. The molecule has 0 aliphatic rings. The van der Waals surface area contributed by atoms with Crippen molar-refractivity contribution < 1.29 is 13.6 Å². The first kappa shape index (κ1) is 12.0. The number of anilines is 2. The molecule has 0 spiro atoms. The maximum atomic E-state index is 13.2. The fourth-order valence-electron chi connectivity index (χ4n) is 1.41. The van der Waals surface area contributed by atoms with Gasteiger partial charge < -0.3 is 11.1 Å². The fourth-order valence-corrected chi connectivity index (χ4v) is 1.41. The third-order valence-electron chi connectivity index (χ3n) is 2.26. The second-order valence-corrected chi connectivity index (χ2v) is 3.55. The van der Waals surface area contributed by atoms with E-state index in [2.05, 4.69) is 10.3 Å². The molecule has 0 unspecified atom stereocenters. The summed E-state index contributed by atoms with van der Waals surface area (Å²) >= 11 is 0. The number of carbonyl (C=O) groups excluding carboxylic acids is 1. The van der Waals surface area contributed by atoms with E-state index in [1.807, 2.05) is 0 Å². The van der Waals surface area contributed by atoms with Crippen molar-refractivity contribution in [2.24, 2.45) is 0 Å². The number of nitrogens with zero attached hydrogens (tertiary/aromatic N) is 1. The number of nitrogen functional groups attached to an aromatic ring is 1. The highest BCUT2D eigenvalue weighted by molar-refractivity contribution is 6.07. The Kier molecular flexibility index (Phi) is 3.18. The van der Waals surface area contributed by atoms with Gasteiger partial charge in [0.2, 0.25) is 0 Å². The number of nitrogens with one attached hydrogen (secondary N) is 1. The third-order valence-corrected chi connectivity index (χ3v) is 2.26. The standard InChI is InChI=1S/C12H9F2N3O/c13-7-4-8(6-16-5-7)17-12(18)9-2-1-3-10(14)11(9)15/h1-6H,15H2,(H,17,18). The van der Waals surface area contributed by atoms with E-state index in [1.165, 1.54) is 18.3 Å². The summed E-state index contributed by atoms with van der Waals surface area (Å²) in [5, 5.41) is 2.38. The molecule has 0 aliphatic carbocycles. The van der Waals surface area contributed by atoms with Crippen molar-refractivity contribution in [2.45, 2.75) is 0 Å². The van der Waals surface area contributed by atoms with Crippen molar-refractivity contribution in [1.29, 1.82) is 0 Å². The van der Waals surface area contributed by atoms with Gasteiger partial charge >= 0.3 is 0 Å². The zero-order chi connectivity index (χ0) is 13.1. The number of hydrogen-bond donors (Lipinski definition) is 2. The molecule has 2 rings (SSSR count). The van der Waals surface area contributed by atoms with Gasteiger partial charge in [-0.3, -0.25) is 9.78 Å². The highest BCUT2D eigenvalue weighted by Gasteiger charge is 2.12. The number of benzene rings is 1. The Hall–Kier alpha value is -2.50. The molecule has 0 saturated carbocycles. The first-order valence-corrected chi connectivity index (χ1v) is 5.04. The number of halogens is 2. The van der Waals surface area contributed by atoms with Crippen LogP contribution in [-0.2, 0) is 0 Å². The Labute approximate surface area is 101 Å². The molecular formula is C12H9F2N3O. The average Bonchev–Trinajstić information content (AvgIpc) is 2.32. The number of nitrogens with two attached hydrogens (primary N) is 1. The summed E-state index contributed by atoms with van der Waals surface area (Å²) in [5.74, 6) is -1.89. The molecule has 3 N–H and O–H groups in total. The van der Waals surface area contributed by atoms with Crippen LogP contribution in [0.3, 0.4) is 0 Å². The maximum Gasteiger partial charge on any atom is 0.257 e. The lowest BCUT2D eigenvalue weighted by Gasteiger charge is -2.07. The predicted molar refractivity (Wildman–Crippen MR) is 63.0 cm³/mol. The number of aromatic nitrogens is 1. The Morgan fingerprint density at radius 2 is 2.06 bits per heavy atom. The van der Waals surface area contributed by atoms with E-state index in [4.69, 9.17) is 5.73 Å². The van der Waals surface area contributed by atoms with Crippen LogP contribution in [0.5, 0.6) is 0 Å². The second-order valence-electron chi connectivity index (χ2n) is 3.55. The molecule has 2 aromatic rings. The minimum Gasteiger partial charge on any atom is -0.396 e. The van der Waals surface area contributed by atoms with Gasteiger partial charge in [0.15, 0.2) is 0 Å². The molecule has 0 aliphatic heterocycles. The fraction of sp³-hybridized carbons (Fsp3) is 0. The number of pyridine rings is 1. The smallest absolute Gasteiger partial charge is 0.257 e. The summed E-state index contributed by atoms with van der Waals surface area (Å²) in [7, 11) is 0. The van der Waals surface area contributed by atoms with E-state index < -0.39 is 17.5 Å². The molecule has 0 atom stereocenters. The zero-order valence-corrected chi connectivity index (χ0v) is 9.15. The molecule has 1 amide bonds. The van der Waals surface area contributed by atoms with Crippen molar-refractivity contribution in [3.8, 4) is 0 Å². The summed E-state index contributed by atoms with van der Waals surface area (Å²) in [5.41, 5.74) is 5.35. The van der Waals surface area contributed by atoms with E-state index in [0.717, 1.165) is 18.3 Å². The van der Waals surface area contributed by atoms with Crippen LogP contribution in [0.1, 0.15) is 10.4 Å². The highest BCUT2D eigenvalue weighted by atomic mass is 19.1. The molecule has 92 valence electrons. The predicted octanol–water partition coefficient (Wildman–Crippen LogP) is 2.19. The first-order chi connectivity index (χ1) is 8.58. The Morgan fingerprint density at radius 1 is 1.28 bits per heavy atom. The van der Waals surface area contributed by atoms with Crippen molar-refractivity contribution in [2.75, 3.05) is 11.1 Å². The van der Waals surface area contributed by atoms with Gasteiger partial charge in [-0.1, -0.05) is 6.07 Å². The van der Waals surface area contributed by atoms with E-state index in [0.29, 0.717) is 0 Å². The number of rotatable bonds is 2.